The maximum absolute atomic E-state index is 12.9. The van der Waals surface area contributed by atoms with Gasteiger partial charge in [-0.15, -0.1) is 11.8 Å². The number of anilines is 1. The summed E-state index contributed by atoms with van der Waals surface area (Å²) >= 11 is 7.67. The van der Waals surface area contributed by atoms with Crippen molar-refractivity contribution < 1.29 is 4.39 Å². The second-order valence-corrected chi connectivity index (χ2v) is 5.04. The summed E-state index contributed by atoms with van der Waals surface area (Å²) in [4.78, 5) is 1.18. The molecule has 2 rings (SSSR count). The summed E-state index contributed by atoms with van der Waals surface area (Å²) in [7, 11) is 0. The van der Waals surface area contributed by atoms with Crippen molar-refractivity contribution in [2.24, 2.45) is 0 Å². The molecule has 2 aromatic carbocycles. The predicted octanol–water partition coefficient (Wildman–Crippen LogP) is 4.81. The number of para-hydroxylation sites is 1. The molecule has 18 heavy (non-hydrogen) atoms. The van der Waals surface area contributed by atoms with E-state index in [2.05, 4.69) is 11.4 Å². The first-order valence-electron chi connectivity index (χ1n) is 5.51. The average molecular weight is 282 g/mol. The maximum Gasteiger partial charge on any atom is 0.124 e. The molecular weight excluding hydrogens is 269 g/mol. The van der Waals surface area contributed by atoms with Crippen LogP contribution in [-0.2, 0) is 6.54 Å². The van der Waals surface area contributed by atoms with Gasteiger partial charge < -0.3 is 5.32 Å². The van der Waals surface area contributed by atoms with Crippen molar-refractivity contribution in [3.63, 3.8) is 0 Å². The van der Waals surface area contributed by atoms with Gasteiger partial charge in [0.25, 0.3) is 0 Å². The fourth-order valence-corrected chi connectivity index (χ4v) is 2.45. The molecule has 1 nitrogen and oxygen atoms in total. The number of hydrogen-bond donors (Lipinski definition) is 1. The van der Waals surface area contributed by atoms with Crippen molar-refractivity contribution in [2.45, 2.75) is 11.4 Å². The van der Waals surface area contributed by atoms with Crippen LogP contribution in [0.25, 0.3) is 0 Å². The van der Waals surface area contributed by atoms with Crippen molar-refractivity contribution in [1.29, 1.82) is 0 Å². The van der Waals surface area contributed by atoms with Crippen molar-refractivity contribution in [3.8, 4) is 0 Å². The van der Waals surface area contributed by atoms with Crippen LogP contribution in [-0.4, -0.2) is 6.26 Å². The molecule has 4 heteroatoms. The third kappa shape index (κ3) is 3.18. The number of rotatable bonds is 4. The van der Waals surface area contributed by atoms with Crippen LogP contribution in [0, 0.1) is 5.82 Å². The van der Waals surface area contributed by atoms with Crippen molar-refractivity contribution in [1.82, 2.24) is 0 Å². The molecule has 94 valence electrons. The van der Waals surface area contributed by atoms with Gasteiger partial charge in [-0.2, -0.15) is 0 Å². The minimum Gasteiger partial charge on any atom is -0.380 e. The summed E-state index contributed by atoms with van der Waals surface area (Å²) in [6, 6.07) is 12.5. The molecule has 0 amide bonds. The Morgan fingerprint density at radius 2 is 2.00 bits per heavy atom. The van der Waals surface area contributed by atoms with E-state index in [4.69, 9.17) is 11.6 Å². The first-order valence-corrected chi connectivity index (χ1v) is 7.12. The van der Waals surface area contributed by atoms with Crippen molar-refractivity contribution in [3.05, 3.63) is 58.9 Å². The third-order valence-corrected chi connectivity index (χ3v) is 3.74. The Morgan fingerprint density at radius 3 is 2.72 bits per heavy atom. The Kier molecular flexibility index (Phi) is 4.50. The first-order chi connectivity index (χ1) is 8.70. The van der Waals surface area contributed by atoms with Gasteiger partial charge in [0.05, 0.1) is 0 Å². The molecule has 0 bridgehead atoms. The molecule has 0 atom stereocenters. The van der Waals surface area contributed by atoms with Crippen molar-refractivity contribution in [2.75, 3.05) is 11.6 Å². The van der Waals surface area contributed by atoms with E-state index in [1.54, 1.807) is 17.8 Å². The maximum atomic E-state index is 12.9. The van der Waals surface area contributed by atoms with Crippen LogP contribution in [0.2, 0.25) is 5.02 Å². The molecule has 1 N–H and O–H groups in total. The SMILES string of the molecule is CSc1ccccc1NCc1ccc(F)cc1Cl. The summed E-state index contributed by atoms with van der Waals surface area (Å²) in [5.74, 6) is -0.312. The minimum atomic E-state index is -0.312. The van der Waals surface area contributed by atoms with Gasteiger partial charge in [-0.3, -0.25) is 0 Å². The Labute approximate surface area is 115 Å². The number of thioether (sulfide) groups is 1. The van der Waals surface area contributed by atoms with Crippen LogP contribution in [0.1, 0.15) is 5.56 Å². The molecule has 0 spiro atoms. The lowest BCUT2D eigenvalue weighted by molar-refractivity contribution is 0.627. The van der Waals surface area contributed by atoms with Gasteiger partial charge in [0.2, 0.25) is 0 Å². The molecule has 2 aromatic rings. The van der Waals surface area contributed by atoms with Crippen LogP contribution >= 0.6 is 23.4 Å². The van der Waals surface area contributed by atoms with E-state index < -0.39 is 0 Å². The summed E-state index contributed by atoms with van der Waals surface area (Å²) in [5.41, 5.74) is 1.94. The van der Waals surface area contributed by atoms with Crippen LogP contribution in [0.5, 0.6) is 0 Å². The van der Waals surface area contributed by atoms with Crippen LogP contribution in [0.15, 0.2) is 47.4 Å². The highest BCUT2D eigenvalue weighted by Crippen LogP contribution is 2.26. The van der Waals surface area contributed by atoms with Crippen molar-refractivity contribution >= 4 is 29.1 Å². The second kappa shape index (κ2) is 6.12. The lowest BCUT2D eigenvalue weighted by Gasteiger charge is -2.11. The van der Waals surface area contributed by atoms with Gasteiger partial charge in [-0.1, -0.05) is 29.8 Å². The summed E-state index contributed by atoms with van der Waals surface area (Å²) in [6.07, 6.45) is 2.03. The first kappa shape index (κ1) is 13.2. The monoisotopic (exact) mass is 281 g/mol. The van der Waals surface area contributed by atoms with Crippen LogP contribution in [0.3, 0.4) is 0 Å². The van der Waals surface area contributed by atoms with Gasteiger partial charge in [0.1, 0.15) is 5.82 Å². The predicted molar refractivity (Wildman–Crippen MR) is 77.0 cm³/mol. The molecule has 0 aliphatic rings. The van der Waals surface area contributed by atoms with Gasteiger partial charge in [0, 0.05) is 22.2 Å². The summed E-state index contributed by atoms with van der Waals surface area (Å²) in [5, 5.41) is 3.76. The lowest BCUT2D eigenvalue weighted by atomic mass is 10.2. The largest absolute Gasteiger partial charge is 0.380 e. The fourth-order valence-electron chi connectivity index (χ4n) is 1.65. The van der Waals surface area contributed by atoms with E-state index in [0.717, 1.165) is 11.3 Å². The van der Waals surface area contributed by atoms with Crippen LogP contribution in [0.4, 0.5) is 10.1 Å². The molecular formula is C14H13ClFNS. The summed E-state index contributed by atoms with van der Waals surface area (Å²) < 4.78 is 12.9. The zero-order valence-electron chi connectivity index (χ0n) is 9.91. The number of hydrogen-bond acceptors (Lipinski definition) is 2. The zero-order valence-corrected chi connectivity index (χ0v) is 11.5. The highest BCUT2D eigenvalue weighted by atomic mass is 35.5. The topological polar surface area (TPSA) is 12.0 Å². The number of nitrogens with one attached hydrogen (secondary N) is 1. The molecule has 0 aromatic heterocycles. The normalized spacial score (nSPS) is 10.4. The Bertz CT molecular complexity index is 545. The Morgan fingerprint density at radius 1 is 1.22 bits per heavy atom. The van der Waals surface area contributed by atoms with E-state index in [1.165, 1.54) is 17.0 Å². The molecule has 0 saturated heterocycles. The molecule has 0 saturated carbocycles. The zero-order chi connectivity index (χ0) is 13.0. The van der Waals surface area contributed by atoms with Gasteiger partial charge in [-0.05, 0) is 36.1 Å². The fraction of sp³-hybridized carbons (Fsp3) is 0.143. The lowest BCUT2D eigenvalue weighted by Crippen LogP contribution is -2.01. The number of benzene rings is 2. The van der Waals surface area contributed by atoms with E-state index in [1.807, 2.05) is 24.5 Å². The number of halogens is 2. The Balaban J connectivity index is 2.11. The highest BCUT2D eigenvalue weighted by molar-refractivity contribution is 7.98. The standard InChI is InChI=1S/C14H13ClFNS/c1-18-14-5-3-2-4-13(14)17-9-10-6-7-11(16)8-12(10)15/h2-8,17H,9H2,1H3. The molecule has 0 aliphatic carbocycles. The van der Waals surface area contributed by atoms with Gasteiger partial charge >= 0.3 is 0 Å². The van der Waals surface area contributed by atoms with E-state index >= 15 is 0 Å². The highest BCUT2D eigenvalue weighted by Gasteiger charge is 2.04. The average Bonchev–Trinajstić information content (AvgIpc) is 2.38. The third-order valence-electron chi connectivity index (χ3n) is 2.59. The van der Waals surface area contributed by atoms with Gasteiger partial charge in [-0.25, -0.2) is 4.39 Å². The van der Waals surface area contributed by atoms with E-state index in [9.17, 15) is 4.39 Å². The Hall–Kier alpha value is -1.19. The molecule has 0 fully saturated rings. The molecule has 0 unspecified atom stereocenters. The summed E-state index contributed by atoms with van der Waals surface area (Å²) in [6.45, 7) is 0.580. The van der Waals surface area contributed by atoms with Crippen LogP contribution < -0.4 is 5.32 Å². The van der Waals surface area contributed by atoms with E-state index in [0.29, 0.717) is 11.6 Å². The molecule has 0 radical (unpaired) electrons. The smallest absolute Gasteiger partial charge is 0.124 e. The minimum absolute atomic E-state index is 0.312. The second-order valence-electron chi connectivity index (χ2n) is 3.79. The quantitative estimate of drug-likeness (QED) is 0.807. The van der Waals surface area contributed by atoms with Gasteiger partial charge in [0.15, 0.2) is 0 Å². The van der Waals surface area contributed by atoms with E-state index in [-0.39, 0.29) is 5.82 Å². The molecule has 0 aliphatic heterocycles. The molecule has 0 heterocycles.